The fourth-order valence-corrected chi connectivity index (χ4v) is 2.49. The Labute approximate surface area is 102 Å². The average Bonchev–Trinajstić information content (AvgIpc) is 2.84. The van der Waals surface area contributed by atoms with E-state index in [9.17, 15) is 9.59 Å². The number of hydrogen-bond acceptors (Lipinski definition) is 3. The summed E-state index contributed by atoms with van der Waals surface area (Å²) >= 11 is 0. The predicted molar refractivity (Wildman–Crippen MR) is 64.5 cm³/mol. The molecule has 0 saturated carbocycles. The zero-order valence-electron chi connectivity index (χ0n) is 10.4. The molecule has 0 aliphatic carbocycles. The standard InChI is InChI=1S/C12H21N3O2/c1-14-9-10(4-5-11(14)16)13-8-12(17)15-6-2-3-7-15/h10,13H,2-9H2,1H3. The maximum absolute atomic E-state index is 11.8. The molecular formula is C12H21N3O2. The summed E-state index contributed by atoms with van der Waals surface area (Å²) in [5.74, 6) is 0.399. The molecule has 2 saturated heterocycles. The number of amides is 2. The van der Waals surface area contributed by atoms with Gasteiger partial charge in [0.25, 0.3) is 0 Å². The smallest absolute Gasteiger partial charge is 0.236 e. The van der Waals surface area contributed by atoms with E-state index in [1.165, 1.54) is 0 Å². The highest BCUT2D eigenvalue weighted by Crippen LogP contribution is 2.10. The highest BCUT2D eigenvalue weighted by atomic mass is 16.2. The lowest BCUT2D eigenvalue weighted by molar-refractivity contribution is -0.132. The Kier molecular flexibility index (Phi) is 3.99. The number of carbonyl (C=O) groups is 2. The third-order valence-electron chi connectivity index (χ3n) is 3.63. The lowest BCUT2D eigenvalue weighted by atomic mass is 10.1. The third kappa shape index (κ3) is 3.19. The van der Waals surface area contributed by atoms with E-state index in [1.807, 2.05) is 11.9 Å². The van der Waals surface area contributed by atoms with Crippen LogP contribution in [0.2, 0.25) is 0 Å². The monoisotopic (exact) mass is 239 g/mol. The molecular weight excluding hydrogens is 218 g/mol. The second kappa shape index (κ2) is 5.49. The van der Waals surface area contributed by atoms with Crippen molar-refractivity contribution >= 4 is 11.8 Å². The highest BCUT2D eigenvalue weighted by Gasteiger charge is 2.24. The summed E-state index contributed by atoms with van der Waals surface area (Å²) in [4.78, 5) is 26.8. The van der Waals surface area contributed by atoms with Gasteiger partial charge in [0, 0.05) is 39.1 Å². The molecule has 2 aliphatic heterocycles. The van der Waals surface area contributed by atoms with E-state index in [0.717, 1.165) is 32.4 Å². The molecule has 2 amide bonds. The van der Waals surface area contributed by atoms with Gasteiger partial charge >= 0.3 is 0 Å². The number of carbonyl (C=O) groups excluding carboxylic acids is 2. The van der Waals surface area contributed by atoms with Crippen LogP contribution in [0, 0.1) is 0 Å². The quantitative estimate of drug-likeness (QED) is 0.743. The van der Waals surface area contributed by atoms with Gasteiger partial charge in [-0.25, -0.2) is 0 Å². The van der Waals surface area contributed by atoms with E-state index in [0.29, 0.717) is 19.5 Å². The van der Waals surface area contributed by atoms with Crippen LogP contribution in [0.25, 0.3) is 0 Å². The lowest BCUT2D eigenvalue weighted by Gasteiger charge is -2.30. The summed E-state index contributed by atoms with van der Waals surface area (Å²) in [5, 5.41) is 3.26. The van der Waals surface area contributed by atoms with E-state index in [4.69, 9.17) is 0 Å². The van der Waals surface area contributed by atoms with Crippen molar-refractivity contribution in [2.75, 3.05) is 33.2 Å². The minimum absolute atomic E-state index is 0.196. The number of nitrogens with one attached hydrogen (secondary N) is 1. The minimum Gasteiger partial charge on any atom is -0.344 e. The largest absolute Gasteiger partial charge is 0.344 e. The normalized spacial score (nSPS) is 25.5. The first-order chi connectivity index (χ1) is 8.16. The number of likely N-dealkylation sites (N-methyl/N-ethyl adjacent to an activating group) is 1. The van der Waals surface area contributed by atoms with Gasteiger partial charge in [0.2, 0.25) is 11.8 Å². The molecule has 1 atom stereocenters. The van der Waals surface area contributed by atoms with Crippen molar-refractivity contribution in [3.63, 3.8) is 0 Å². The van der Waals surface area contributed by atoms with E-state index in [2.05, 4.69) is 5.32 Å². The lowest BCUT2D eigenvalue weighted by Crippen LogP contribution is -2.49. The Hall–Kier alpha value is -1.10. The fraction of sp³-hybridized carbons (Fsp3) is 0.833. The van der Waals surface area contributed by atoms with E-state index in [1.54, 1.807) is 4.90 Å². The maximum Gasteiger partial charge on any atom is 0.236 e. The van der Waals surface area contributed by atoms with Gasteiger partial charge in [0.05, 0.1) is 6.54 Å². The van der Waals surface area contributed by atoms with Crippen molar-refractivity contribution in [2.24, 2.45) is 0 Å². The zero-order valence-corrected chi connectivity index (χ0v) is 10.4. The Morgan fingerprint density at radius 2 is 2.12 bits per heavy atom. The molecule has 0 radical (unpaired) electrons. The predicted octanol–water partition coefficient (Wildman–Crippen LogP) is -0.181. The second-order valence-corrected chi connectivity index (χ2v) is 4.98. The van der Waals surface area contributed by atoms with Crippen LogP contribution in [-0.4, -0.2) is 60.9 Å². The first kappa shape index (κ1) is 12.4. The van der Waals surface area contributed by atoms with Gasteiger partial charge < -0.3 is 15.1 Å². The fourth-order valence-electron chi connectivity index (χ4n) is 2.49. The molecule has 0 aromatic rings. The van der Waals surface area contributed by atoms with Crippen LogP contribution < -0.4 is 5.32 Å². The minimum atomic E-state index is 0.196. The Morgan fingerprint density at radius 1 is 1.41 bits per heavy atom. The molecule has 2 fully saturated rings. The van der Waals surface area contributed by atoms with Crippen LogP contribution in [0.4, 0.5) is 0 Å². The summed E-state index contributed by atoms with van der Waals surface area (Å²) in [6, 6.07) is 0.268. The zero-order chi connectivity index (χ0) is 12.3. The van der Waals surface area contributed by atoms with Crippen LogP contribution in [0.1, 0.15) is 25.7 Å². The van der Waals surface area contributed by atoms with Gasteiger partial charge in [-0.05, 0) is 19.3 Å². The molecule has 96 valence electrons. The van der Waals surface area contributed by atoms with Gasteiger partial charge in [0.15, 0.2) is 0 Å². The van der Waals surface area contributed by atoms with Crippen LogP contribution >= 0.6 is 0 Å². The Balaban J connectivity index is 1.71. The summed E-state index contributed by atoms with van der Waals surface area (Å²) < 4.78 is 0. The number of likely N-dealkylation sites (tertiary alicyclic amines) is 2. The van der Waals surface area contributed by atoms with E-state index in [-0.39, 0.29) is 17.9 Å². The van der Waals surface area contributed by atoms with Crippen molar-refractivity contribution in [1.29, 1.82) is 0 Å². The summed E-state index contributed by atoms with van der Waals surface area (Å²) in [7, 11) is 1.82. The van der Waals surface area contributed by atoms with Gasteiger partial charge in [-0.1, -0.05) is 0 Å². The number of nitrogens with zero attached hydrogens (tertiary/aromatic N) is 2. The number of piperidine rings is 1. The van der Waals surface area contributed by atoms with Crippen molar-refractivity contribution in [3.05, 3.63) is 0 Å². The molecule has 0 aromatic heterocycles. The van der Waals surface area contributed by atoms with Crippen LogP contribution in [0.15, 0.2) is 0 Å². The van der Waals surface area contributed by atoms with Gasteiger partial charge in [0.1, 0.15) is 0 Å². The van der Waals surface area contributed by atoms with Crippen LogP contribution in [0.5, 0.6) is 0 Å². The first-order valence-electron chi connectivity index (χ1n) is 6.42. The maximum atomic E-state index is 11.8. The summed E-state index contributed by atoms with van der Waals surface area (Å²) in [6.45, 7) is 2.94. The molecule has 0 spiro atoms. The summed E-state index contributed by atoms with van der Waals surface area (Å²) in [6.07, 6.45) is 3.70. The molecule has 1 unspecified atom stereocenters. The number of hydrogen-bond donors (Lipinski definition) is 1. The molecule has 5 heteroatoms. The second-order valence-electron chi connectivity index (χ2n) is 4.98. The van der Waals surface area contributed by atoms with Gasteiger partial charge in [-0.2, -0.15) is 0 Å². The van der Waals surface area contributed by atoms with Crippen LogP contribution in [-0.2, 0) is 9.59 Å². The molecule has 17 heavy (non-hydrogen) atoms. The first-order valence-corrected chi connectivity index (χ1v) is 6.42. The topological polar surface area (TPSA) is 52.7 Å². The van der Waals surface area contributed by atoms with E-state index < -0.39 is 0 Å². The van der Waals surface area contributed by atoms with Crippen molar-refractivity contribution in [1.82, 2.24) is 15.1 Å². The third-order valence-corrected chi connectivity index (χ3v) is 3.63. The van der Waals surface area contributed by atoms with E-state index >= 15 is 0 Å². The molecule has 0 aromatic carbocycles. The van der Waals surface area contributed by atoms with Crippen LogP contribution in [0.3, 0.4) is 0 Å². The summed E-state index contributed by atoms with van der Waals surface area (Å²) in [5.41, 5.74) is 0. The molecule has 0 bridgehead atoms. The van der Waals surface area contributed by atoms with Crippen molar-refractivity contribution < 1.29 is 9.59 Å². The van der Waals surface area contributed by atoms with Crippen molar-refractivity contribution in [2.45, 2.75) is 31.7 Å². The van der Waals surface area contributed by atoms with Crippen molar-refractivity contribution in [3.8, 4) is 0 Å². The molecule has 5 nitrogen and oxygen atoms in total. The number of rotatable bonds is 3. The SMILES string of the molecule is CN1CC(NCC(=O)N2CCCC2)CCC1=O. The molecule has 2 aliphatic rings. The Morgan fingerprint density at radius 3 is 2.76 bits per heavy atom. The molecule has 2 rings (SSSR count). The average molecular weight is 239 g/mol. The molecule has 1 N–H and O–H groups in total. The van der Waals surface area contributed by atoms with Gasteiger partial charge in [-0.15, -0.1) is 0 Å². The highest BCUT2D eigenvalue weighted by molar-refractivity contribution is 5.79. The Bertz CT molecular complexity index is 300. The van der Waals surface area contributed by atoms with Gasteiger partial charge in [-0.3, -0.25) is 9.59 Å². The molecule has 2 heterocycles.